The highest BCUT2D eigenvalue weighted by molar-refractivity contribution is 5.96. The molecule has 1 aromatic carbocycles. The first-order valence-corrected chi connectivity index (χ1v) is 15.7. The van der Waals surface area contributed by atoms with Gasteiger partial charge in [0.25, 0.3) is 0 Å². The number of primary amides is 1. The maximum absolute atomic E-state index is 13.5. The number of carbonyl (C=O) groups excluding carboxylic acids is 5. The van der Waals surface area contributed by atoms with E-state index in [4.69, 9.17) is 11.5 Å². The van der Waals surface area contributed by atoms with E-state index in [2.05, 4.69) is 26.3 Å². The van der Waals surface area contributed by atoms with Crippen molar-refractivity contribution in [3.63, 3.8) is 0 Å². The third kappa shape index (κ3) is 12.3. The molecule has 1 heterocycles. The summed E-state index contributed by atoms with van der Waals surface area (Å²) in [6.45, 7) is 6.71. The van der Waals surface area contributed by atoms with Gasteiger partial charge in [0.15, 0.2) is 0 Å². The van der Waals surface area contributed by atoms with Crippen molar-refractivity contribution in [3.05, 3.63) is 36.0 Å². The summed E-state index contributed by atoms with van der Waals surface area (Å²) in [7, 11) is 0. The van der Waals surface area contributed by atoms with E-state index in [-0.39, 0.29) is 38.0 Å². The van der Waals surface area contributed by atoms with Crippen molar-refractivity contribution in [1.29, 1.82) is 0 Å². The van der Waals surface area contributed by atoms with Gasteiger partial charge >= 0.3 is 11.9 Å². The number of carboxylic acids is 2. The highest BCUT2D eigenvalue weighted by Gasteiger charge is 2.33. The van der Waals surface area contributed by atoms with Crippen LogP contribution in [0.5, 0.6) is 0 Å². The van der Waals surface area contributed by atoms with Crippen LogP contribution in [0.2, 0.25) is 0 Å². The number of aromatic amines is 1. The Labute approximate surface area is 278 Å². The van der Waals surface area contributed by atoms with Crippen LogP contribution in [-0.4, -0.2) is 86.9 Å². The Kier molecular flexibility index (Phi) is 15.0. The molecule has 0 saturated carbocycles. The Balaban J connectivity index is 2.23. The SMILES string of the molecule is CC(C)C[C@H](NC(=O)[C@H](CCC(=O)O)NC(=O)[C@@H](N)Cc1c[nH]c2ccccc12)C(=O)N[C@@H](CCC(N)=O)C(=O)N[C@H](C(=O)O)C(C)C. The standard InChI is InChI=1S/C32H47N7O9/c1-16(2)13-24(31(46)37-22(9-11-25(34)40)30(45)39-27(17(3)4)32(47)48)38-29(44)23(10-12-26(41)42)36-28(43)20(33)14-18-15-35-21-8-6-5-7-19(18)21/h5-8,15-17,20,22-24,27,35H,9-14,33H2,1-4H3,(H2,34,40)(H,36,43)(H,37,46)(H,38,44)(H,39,45)(H,41,42)(H,47,48)/t20-,22-,23-,24-,27-/m0/s1. The van der Waals surface area contributed by atoms with Crippen molar-refractivity contribution in [3.8, 4) is 0 Å². The van der Waals surface area contributed by atoms with Gasteiger partial charge in [-0.05, 0) is 49.1 Å². The predicted octanol–water partition coefficient (Wildman–Crippen LogP) is -0.106. The summed E-state index contributed by atoms with van der Waals surface area (Å²) in [6, 6.07) is 1.05. The van der Waals surface area contributed by atoms with Gasteiger partial charge in [-0.15, -0.1) is 0 Å². The van der Waals surface area contributed by atoms with Gasteiger partial charge in [0.2, 0.25) is 29.5 Å². The molecule has 48 heavy (non-hydrogen) atoms. The number of carboxylic acid groups (broad SMARTS) is 2. The maximum Gasteiger partial charge on any atom is 0.326 e. The average Bonchev–Trinajstić information content (AvgIpc) is 3.40. The number of hydrogen-bond donors (Lipinski definition) is 9. The first-order valence-electron chi connectivity index (χ1n) is 15.7. The summed E-state index contributed by atoms with van der Waals surface area (Å²) in [5.74, 6) is -7.18. The van der Waals surface area contributed by atoms with E-state index in [0.29, 0.717) is 0 Å². The number of aliphatic carboxylic acids is 2. The summed E-state index contributed by atoms with van der Waals surface area (Å²) in [4.78, 5) is 90.7. The Morgan fingerprint density at radius 3 is 1.88 bits per heavy atom. The van der Waals surface area contributed by atoms with Crippen LogP contribution in [0.25, 0.3) is 10.9 Å². The van der Waals surface area contributed by atoms with Gasteiger partial charge in [-0.1, -0.05) is 45.9 Å². The summed E-state index contributed by atoms with van der Waals surface area (Å²) < 4.78 is 0. The van der Waals surface area contributed by atoms with Crippen LogP contribution in [0.1, 0.15) is 65.4 Å². The van der Waals surface area contributed by atoms with Gasteiger partial charge in [-0.25, -0.2) is 4.79 Å². The van der Waals surface area contributed by atoms with Gasteiger partial charge in [0, 0.05) is 29.9 Å². The first kappa shape index (κ1) is 39.2. The smallest absolute Gasteiger partial charge is 0.326 e. The summed E-state index contributed by atoms with van der Waals surface area (Å²) in [5.41, 5.74) is 13.0. The van der Waals surface area contributed by atoms with Crippen LogP contribution in [0, 0.1) is 11.8 Å². The molecule has 0 aliphatic rings. The lowest BCUT2D eigenvalue weighted by Gasteiger charge is -2.27. The number of aromatic nitrogens is 1. The van der Waals surface area contributed by atoms with E-state index in [0.717, 1.165) is 16.5 Å². The van der Waals surface area contributed by atoms with Gasteiger partial charge in [-0.3, -0.25) is 28.8 Å². The van der Waals surface area contributed by atoms with Crippen molar-refractivity contribution in [2.45, 2.75) is 96.4 Å². The normalized spacial score (nSPS) is 14.4. The number of fused-ring (bicyclic) bond motifs is 1. The molecule has 264 valence electrons. The largest absolute Gasteiger partial charge is 0.481 e. The number of carbonyl (C=O) groups is 7. The fourth-order valence-corrected chi connectivity index (χ4v) is 5.02. The molecule has 0 aliphatic heterocycles. The zero-order valence-electron chi connectivity index (χ0n) is 27.6. The molecule has 0 unspecified atom stereocenters. The zero-order valence-corrected chi connectivity index (χ0v) is 27.6. The topological polar surface area (TPSA) is 276 Å². The Bertz CT molecular complexity index is 1470. The summed E-state index contributed by atoms with van der Waals surface area (Å²) in [6.07, 6.45) is 0.585. The molecule has 16 heteroatoms. The molecule has 1 aromatic heterocycles. The first-order chi connectivity index (χ1) is 22.5. The molecular formula is C32H47N7O9. The van der Waals surface area contributed by atoms with Crippen LogP contribution in [0.4, 0.5) is 0 Å². The number of rotatable bonds is 20. The number of para-hydroxylation sites is 1. The number of amides is 5. The summed E-state index contributed by atoms with van der Waals surface area (Å²) in [5, 5.41) is 29.5. The van der Waals surface area contributed by atoms with Crippen LogP contribution < -0.4 is 32.7 Å². The van der Waals surface area contributed by atoms with Gasteiger partial charge < -0.3 is 47.9 Å². The van der Waals surface area contributed by atoms with Crippen molar-refractivity contribution in [2.24, 2.45) is 23.3 Å². The Morgan fingerprint density at radius 1 is 0.771 bits per heavy atom. The fraction of sp³-hybridized carbons (Fsp3) is 0.531. The number of H-pyrrole nitrogens is 1. The molecule has 0 bridgehead atoms. The molecule has 0 spiro atoms. The van der Waals surface area contributed by atoms with E-state index < -0.39 is 84.0 Å². The third-order valence-electron chi connectivity index (χ3n) is 7.61. The Morgan fingerprint density at radius 2 is 1.31 bits per heavy atom. The van der Waals surface area contributed by atoms with Gasteiger partial charge in [0.05, 0.1) is 6.04 Å². The lowest BCUT2D eigenvalue weighted by molar-refractivity contribution is -0.143. The third-order valence-corrected chi connectivity index (χ3v) is 7.61. The lowest BCUT2D eigenvalue weighted by Crippen LogP contribution is -2.59. The van der Waals surface area contributed by atoms with Crippen LogP contribution in [-0.2, 0) is 40.0 Å². The number of nitrogens with two attached hydrogens (primary N) is 2. The second-order valence-electron chi connectivity index (χ2n) is 12.5. The molecule has 16 nitrogen and oxygen atoms in total. The number of benzene rings is 1. The van der Waals surface area contributed by atoms with Crippen molar-refractivity contribution < 1.29 is 43.8 Å². The van der Waals surface area contributed by atoms with Gasteiger partial charge in [0.1, 0.15) is 24.2 Å². The maximum atomic E-state index is 13.5. The average molecular weight is 674 g/mol. The molecule has 2 rings (SSSR count). The highest BCUT2D eigenvalue weighted by atomic mass is 16.4. The fourth-order valence-electron chi connectivity index (χ4n) is 5.02. The molecule has 0 radical (unpaired) electrons. The van der Waals surface area contributed by atoms with E-state index in [9.17, 15) is 43.8 Å². The van der Waals surface area contributed by atoms with E-state index in [1.54, 1.807) is 33.9 Å². The van der Waals surface area contributed by atoms with Crippen molar-refractivity contribution in [2.75, 3.05) is 0 Å². The highest BCUT2D eigenvalue weighted by Crippen LogP contribution is 2.19. The molecule has 0 fully saturated rings. The Hall–Kier alpha value is -4.99. The minimum absolute atomic E-state index is 0.0746. The molecule has 0 aliphatic carbocycles. The van der Waals surface area contributed by atoms with Crippen LogP contribution >= 0.6 is 0 Å². The van der Waals surface area contributed by atoms with E-state index in [1.807, 2.05) is 24.3 Å². The van der Waals surface area contributed by atoms with Gasteiger partial charge in [-0.2, -0.15) is 0 Å². The predicted molar refractivity (Wildman–Crippen MR) is 175 cm³/mol. The molecule has 0 saturated heterocycles. The van der Waals surface area contributed by atoms with E-state index >= 15 is 0 Å². The quantitative estimate of drug-likeness (QED) is 0.0899. The molecule has 11 N–H and O–H groups in total. The minimum atomic E-state index is -1.37. The lowest BCUT2D eigenvalue weighted by atomic mass is 10.00. The second-order valence-corrected chi connectivity index (χ2v) is 12.5. The van der Waals surface area contributed by atoms with Crippen LogP contribution in [0.3, 0.4) is 0 Å². The summed E-state index contributed by atoms with van der Waals surface area (Å²) >= 11 is 0. The monoisotopic (exact) mass is 673 g/mol. The van der Waals surface area contributed by atoms with E-state index in [1.165, 1.54) is 0 Å². The molecule has 5 atom stereocenters. The minimum Gasteiger partial charge on any atom is -0.481 e. The molecular weight excluding hydrogens is 626 g/mol. The molecule has 5 amide bonds. The zero-order chi connectivity index (χ0) is 36.1. The van der Waals surface area contributed by atoms with Crippen molar-refractivity contribution in [1.82, 2.24) is 26.3 Å². The van der Waals surface area contributed by atoms with Crippen molar-refractivity contribution >= 4 is 52.4 Å². The van der Waals surface area contributed by atoms with Crippen LogP contribution in [0.15, 0.2) is 30.5 Å². The number of hydrogen-bond acceptors (Lipinski definition) is 8. The molecule has 2 aromatic rings. The second kappa shape index (κ2) is 18.4. The number of nitrogens with one attached hydrogen (secondary N) is 5.